The van der Waals surface area contributed by atoms with E-state index in [0.717, 1.165) is 11.6 Å². The highest BCUT2D eigenvalue weighted by molar-refractivity contribution is 5.95. The Morgan fingerprint density at radius 1 is 1.05 bits per heavy atom. The van der Waals surface area contributed by atoms with Crippen LogP contribution in [0.4, 0.5) is 23.4 Å². The number of rotatable bonds is 5. The van der Waals surface area contributed by atoms with Gasteiger partial charge < -0.3 is 24.4 Å². The molecule has 2 aromatic heterocycles. The van der Waals surface area contributed by atoms with Crippen LogP contribution < -0.4 is 10.2 Å². The molecule has 13 heteroatoms. The first kappa shape index (κ1) is 29.5. The summed E-state index contributed by atoms with van der Waals surface area (Å²) < 4.78 is 65.0. The van der Waals surface area contributed by atoms with Crippen molar-refractivity contribution in [3.8, 4) is 11.5 Å². The first-order valence-electron chi connectivity index (χ1n) is 14.6. The molecule has 2 fully saturated rings. The highest BCUT2D eigenvalue weighted by Crippen LogP contribution is 2.34. The molecule has 0 bridgehead atoms. The predicted octanol–water partition coefficient (Wildman–Crippen LogP) is 4.65. The number of anilines is 1. The monoisotopic (exact) mass is 602 g/mol. The van der Waals surface area contributed by atoms with E-state index in [1.54, 1.807) is 24.8 Å². The average molecular weight is 603 g/mol. The van der Waals surface area contributed by atoms with E-state index in [0.29, 0.717) is 80.3 Å². The van der Waals surface area contributed by atoms with Crippen molar-refractivity contribution in [3.05, 3.63) is 58.0 Å². The van der Waals surface area contributed by atoms with Gasteiger partial charge in [-0.2, -0.15) is 13.2 Å². The maximum Gasteiger partial charge on any atom is 0.416 e. The molecule has 3 aliphatic heterocycles. The molecule has 3 aromatic rings. The number of carbonyl (C=O) groups excluding carboxylic acids is 1. The lowest BCUT2D eigenvalue weighted by molar-refractivity contribution is -0.137. The Kier molecular flexibility index (Phi) is 8.12. The number of aryl methyl sites for hydroxylation is 1. The zero-order valence-corrected chi connectivity index (χ0v) is 24.1. The van der Waals surface area contributed by atoms with E-state index in [2.05, 4.69) is 15.5 Å². The number of hydrogen-bond acceptors (Lipinski definition) is 8. The highest BCUT2D eigenvalue weighted by atomic mass is 19.4. The third-order valence-electron chi connectivity index (χ3n) is 8.54. The van der Waals surface area contributed by atoms with Gasteiger partial charge in [-0.1, -0.05) is 11.2 Å². The van der Waals surface area contributed by atoms with Crippen LogP contribution in [0.1, 0.15) is 57.8 Å². The number of fused-ring (bicyclic) bond motifs is 1. The summed E-state index contributed by atoms with van der Waals surface area (Å²) in [5.41, 5.74) is 1.86. The summed E-state index contributed by atoms with van der Waals surface area (Å²) in [4.78, 5) is 26.9. The van der Waals surface area contributed by atoms with Crippen LogP contribution in [0.25, 0.3) is 11.5 Å². The van der Waals surface area contributed by atoms with E-state index >= 15 is 0 Å². The van der Waals surface area contributed by atoms with Crippen LogP contribution in [0.5, 0.6) is 0 Å². The van der Waals surface area contributed by atoms with E-state index in [9.17, 15) is 22.4 Å². The number of piperidine rings is 1. The van der Waals surface area contributed by atoms with E-state index in [-0.39, 0.29) is 42.7 Å². The van der Waals surface area contributed by atoms with Gasteiger partial charge in [0.2, 0.25) is 0 Å². The molecule has 2 atom stereocenters. The molecule has 1 amide bonds. The molecule has 0 spiro atoms. The van der Waals surface area contributed by atoms with Crippen LogP contribution in [0.15, 0.2) is 28.8 Å². The number of alkyl halides is 4. The molecule has 1 N–H and O–H groups in total. The molecule has 1 aromatic carbocycles. The van der Waals surface area contributed by atoms with Gasteiger partial charge in [0.1, 0.15) is 23.4 Å². The number of benzene rings is 1. The number of nitrogens with one attached hydrogen (secondary N) is 1. The Morgan fingerprint density at radius 2 is 1.84 bits per heavy atom. The fourth-order valence-corrected chi connectivity index (χ4v) is 6.11. The lowest BCUT2D eigenvalue weighted by atomic mass is 9.96. The van der Waals surface area contributed by atoms with Crippen LogP contribution in [-0.2, 0) is 23.9 Å². The third kappa shape index (κ3) is 6.23. The van der Waals surface area contributed by atoms with E-state index < -0.39 is 17.9 Å². The summed E-state index contributed by atoms with van der Waals surface area (Å²) >= 11 is 0. The Balaban J connectivity index is 1.26. The zero-order valence-electron chi connectivity index (χ0n) is 24.1. The Labute approximate surface area is 246 Å². The molecule has 0 radical (unpaired) electrons. The number of halogens is 4. The second-order valence-electron chi connectivity index (χ2n) is 11.5. The summed E-state index contributed by atoms with van der Waals surface area (Å²) in [5.74, 6) is 0.977. The van der Waals surface area contributed by atoms with Crippen molar-refractivity contribution < 1.29 is 31.6 Å². The van der Waals surface area contributed by atoms with E-state index in [4.69, 9.17) is 14.2 Å². The fraction of sp³-hybridized carbons (Fsp3) is 0.533. The van der Waals surface area contributed by atoms with Crippen molar-refractivity contribution in [2.75, 3.05) is 37.7 Å². The quantitative estimate of drug-likeness (QED) is 0.422. The molecular weight excluding hydrogens is 568 g/mol. The number of ether oxygens (including phenoxy) is 1. The molecule has 0 saturated carbocycles. The van der Waals surface area contributed by atoms with E-state index in [1.807, 2.05) is 4.90 Å². The van der Waals surface area contributed by atoms with Gasteiger partial charge in [-0.15, -0.1) is 0 Å². The van der Waals surface area contributed by atoms with Crippen molar-refractivity contribution >= 4 is 11.7 Å². The fourth-order valence-electron chi connectivity index (χ4n) is 6.11. The minimum atomic E-state index is -4.44. The number of amides is 1. The minimum absolute atomic E-state index is 0.0936. The number of aromatic nitrogens is 3. The first-order valence-corrected chi connectivity index (χ1v) is 14.6. The SMILES string of the molecule is Cc1cc(-c2nc(C(=O)N3CCC(NC4CCOCC4F)CC3)c(C)c(N3CCc4ccc(C(F)(F)F)cc4C3)n2)no1. The number of carbonyl (C=O) groups is 1. The minimum Gasteiger partial charge on any atom is -0.378 e. The summed E-state index contributed by atoms with van der Waals surface area (Å²) in [6.45, 7) is 5.81. The second kappa shape index (κ2) is 11.8. The van der Waals surface area contributed by atoms with Gasteiger partial charge in [-0.25, -0.2) is 14.4 Å². The summed E-state index contributed by atoms with van der Waals surface area (Å²) in [7, 11) is 0. The van der Waals surface area contributed by atoms with Crippen LogP contribution in [0.3, 0.4) is 0 Å². The van der Waals surface area contributed by atoms with E-state index in [1.165, 1.54) is 12.1 Å². The van der Waals surface area contributed by atoms with Crippen LogP contribution in [0, 0.1) is 13.8 Å². The van der Waals surface area contributed by atoms with Gasteiger partial charge in [0.15, 0.2) is 11.5 Å². The molecule has 6 rings (SSSR count). The summed E-state index contributed by atoms with van der Waals surface area (Å²) in [6.07, 6.45) is -2.99. The highest BCUT2D eigenvalue weighted by Gasteiger charge is 2.34. The van der Waals surface area contributed by atoms with Gasteiger partial charge in [0, 0.05) is 56.5 Å². The Morgan fingerprint density at radius 3 is 2.53 bits per heavy atom. The van der Waals surface area contributed by atoms with Gasteiger partial charge in [0.25, 0.3) is 5.91 Å². The van der Waals surface area contributed by atoms with Crippen molar-refractivity contribution in [1.82, 2.24) is 25.3 Å². The summed E-state index contributed by atoms with van der Waals surface area (Å²) in [6, 6.07) is 5.36. The zero-order chi connectivity index (χ0) is 30.3. The molecule has 230 valence electrons. The van der Waals surface area contributed by atoms with Gasteiger partial charge in [-0.3, -0.25) is 4.79 Å². The molecule has 9 nitrogen and oxygen atoms in total. The maximum absolute atomic E-state index is 14.3. The molecule has 0 aliphatic carbocycles. The van der Waals surface area contributed by atoms with Crippen molar-refractivity contribution in [3.63, 3.8) is 0 Å². The number of likely N-dealkylation sites (tertiary alicyclic amines) is 1. The standard InChI is InChI=1S/C30H34F4N6O3/c1-17-13-25(38-43-17)27-36-26(29(41)39-10-6-22(7-11-39)35-24-8-12-42-16-23(24)31)18(2)28(37-27)40-9-5-19-3-4-21(30(32,33)34)14-20(19)15-40/h3-4,13-14,22-24,35H,5-12,15-16H2,1-2H3. The topological polar surface area (TPSA) is 96.6 Å². The Bertz CT molecular complexity index is 1490. The number of hydrogen-bond donors (Lipinski definition) is 1. The average Bonchev–Trinajstić information content (AvgIpc) is 3.43. The molecule has 43 heavy (non-hydrogen) atoms. The molecule has 2 unspecified atom stereocenters. The summed E-state index contributed by atoms with van der Waals surface area (Å²) in [5, 5.41) is 7.45. The van der Waals surface area contributed by atoms with Gasteiger partial charge in [-0.05, 0) is 62.8 Å². The second-order valence-corrected chi connectivity index (χ2v) is 11.5. The molecule has 3 aliphatic rings. The smallest absolute Gasteiger partial charge is 0.378 e. The van der Waals surface area contributed by atoms with Crippen LogP contribution >= 0.6 is 0 Å². The largest absolute Gasteiger partial charge is 0.416 e. The Hall–Kier alpha value is -3.58. The van der Waals surface area contributed by atoms with Gasteiger partial charge in [0.05, 0.1) is 12.2 Å². The lowest BCUT2D eigenvalue weighted by Crippen LogP contribution is -2.52. The predicted molar refractivity (Wildman–Crippen MR) is 149 cm³/mol. The molecule has 2 saturated heterocycles. The normalized spacial score (nSPS) is 21.6. The maximum atomic E-state index is 14.3. The number of nitrogens with zero attached hydrogens (tertiary/aromatic N) is 5. The lowest BCUT2D eigenvalue weighted by Gasteiger charge is -2.37. The van der Waals surface area contributed by atoms with Crippen LogP contribution in [-0.4, -0.2) is 77.0 Å². The third-order valence-corrected chi connectivity index (χ3v) is 8.54. The first-order chi connectivity index (χ1) is 20.6. The van der Waals surface area contributed by atoms with Crippen molar-refractivity contribution in [1.29, 1.82) is 0 Å². The van der Waals surface area contributed by atoms with Gasteiger partial charge >= 0.3 is 6.18 Å². The van der Waals surface area contributed by atoms with Crippen LogP contribution in [0.2, 0.25) is 0 Å². The van der Waals surface area contributed by atoms with Crippen molar-refractivity contribution in [2.24, 2.45) is 0 Å². The van der Waals surface area contributed by atoms with Crippen molar-refractivity contribution in [2.45, 2.75) is 70.5 Å². The molecular formula is C30H34F4N6O3. The molecule has 5 heterocycles.